The topological polar surface area (TPSA) is 78.5 Å². The van der Waals surface area contributed by atoms with Crippen molar-refractivity contribution in [3.8, 4) is 0 Å². The predicted octanol–water partition coefficient (Wildman–Crippen LogP) is 2.45. The molecule has 25 heavy (non-hydrogen) atoms. The first-order valence-corrected chi connectivity index (χ1v) is 8.16. The molecule has 0 saturated heterocycles. The first-order chi connectivity index (χ1) is 12.1. The van der Waals surface area contributed by atoms with E-state index in [4.69, 9.17) is 11.6 Å². The van der Waals surface area contributed by atoms with Crippen molar-refractivity contribution in [3.63, 3.8) is 0 Å². The van der Waals surface area contributed by atoms with Gasteiger partial charge in [0, 0.05) is 13.0 Å². The molecule has 0 atom stereocenters. The number of hydrogen-bond donors (Lipinski definition) is 2. The number of nitrogens with one attached hydrogen (secondary N) is 2. The Kier molecular flexibility index (Phi) is 5.00. The average Bonchev–Trinajstić information content (AvgIpc) is 2.61. The third-order valence-corrected chi connectivity index (χ3v) is 4.14. The fourth-order valence-electron chi connectivity index (χ4n) is 2.61. The molecule has 3 amide bonds. The zero-order chi connectivity index (χ0) is 17.8. The van der Waals surface area contributed by atoms with Gasteiger partial charge >= 0.3 is 0 Å². The maximum Gasteiger partial charge on any atom is 0.252 e. The lowest BCUT2D eigenvalue weighted by Gasteiger charge is -2.29. The van der Waals surface area contributed by atoms with Crippen molar-refractivity contribution in [1.82, 2.24) is 5.32 Å². The summed E-state index contributed by atoms with van der Waals surface area (Å²) in [4.78, 5) is 37.7. The Morgan fingerprint density at radius 3 is 2.64 bits per heavy atom. The molecule has 1 aliphatic rings. The number of para-hydroxylation sites is 2. The van der Waals surface area contributed by atoms with Crippen LogP contribution >= 0.6 is 11.6 Å². The van der Waals surface area contributed by atoms with Gasteiger partial charge in [-0.15, -0.1) is 0 Å². The third kappa shape index (κ3) is 3.80. The van der Waals surface area contributed by atoms with Crippen molar-refractivity contribution < 1.29 is 14.4 Å². The SMILES string of the molecule is O=C1CN(C(=O)CCNC(=O)c2ccccc2Cl)c2ccccc2N1. The number of halogens is 1. The Morgan fingerprint density at radius 1 is 1.12 bits per heavy atom. The highest BCUT2D eigenvalue weighted by atomic mass is 35.5. The first-order valence-electron chi connectivity index (χ1n) is 7.78. The monoisotopic (exact) mass is 357 g/mol. The second kappa shape index (κ2) is 7.36. The largest absolute Gasteiger partial charge is 0.351 e. The van der Waals surface area contributed by atoms with Gasteiger partial charge in [-0.05, 0) is 24.3 Å². The van der Waals surface area contributed by atoms with Gasteiger partial charge in [-0.2, -0.15) is 0 Å². The molecule has 1 aliphatic heterocycles. The number of nitrogens with zero attached hydrogens (tertiary/aromatic N) is 1. The fraction of sp³-hybridized carbons (Fsp3) is 0.167. The summed E-state index contributed by atoms with van der Waals surface area (Å²) < 4.78 is 0. The third-order valence-electron chi connectivity index (χ3n) is 3.81. The number of rotatable bonds is 4. The van der Waals surface area contributed by atoms with Crippen LogP contribution in [0, 0.1) is 0 Å². The minimum absolute atomic E-state index is 0.0334. The molecule has 2 N–H and O–H groups in total. The van der Waals surface area contributed by atoms with Gasteiger partial charge in [0.15, 0.2) is 0 Å². The Bertz CT molecular complexity index is 838. The minimum Gasteiger partial charge on any atom is -0.351 e. The summed E-state index contributed by atoms with van der Waals surface area (Å²) in [5, 5.41) is 5.76. The lowest BCUT2D eigenvalue weighted by Crippen LogP contribution is -2.43. The fourth-order valence-corrected chi connectivity index (χ4v) is 2.84. The highest BCUT2D eigenvalue weighted by molar-refractivity contribution is 6.33. The zero-order valence-corrected chi connectivity index (χ0v) is 14.0. The van der Waals surface area contributed by atoms with E-state index in [1.165, 1.54) is 4.90 Å². The molecule has 0 unspecified atom stereocenters. The molecule has 0 bridgehead atoms. The average molecular weight is 358 g/mol. The first kappa shape index (κ1) is 17.0. The second-order valence-corrected chi connectivity index (χ2v) is 5.94. The number of amides is 3. The Morgan fingerprint density at radius 2 is 1.84 bits per heavy atom. The molecule has 1 heterocycles. The molecular formula is C18H16ClN3O3. The van der Waals surface area contributed by atoms with Gasteiger partial charge < -0.3 is 15.5 Å². The van der Waals surface area contributed by atoms with Crippen molar-refractivity contribution >= 4 is 40.7 Å². The van der Waals surface area contributed by atoms with E-state index in [2.05, 4.69) is 10.6 Å². The maximum absolute atomic E-state index is 12.5. The quantitative estimate of drug-likeness (QED) is 0.882. The van der Waals surface area contributed by atoms with E-state index in [1.807, 2.05) is 0 Å². The molecule has 3 rings (SSSR count). The summed E-state index contributed by atoms with van der Waals surface area (Å²) in [7, 11) is 0. The van der Waals surface area contributed by atoms with E-state index < -0.39 is 0 Å². The Hall–Kier alpha value is -2.86. The van der Waals surface area contributed by atoms with E-state index in [9.17, 15) is 14.4 Å². The van der Waals surface area contributed by atoms with Gasteiger partial charge in [0.25, 0.3) is 5.91 Å². The lowest BCUT2D eigenvalue weighted by atomic mass is 10.1. The van der Waals surface area contributed by atoms with Gasteiger partial charge in [-0.25, -0.2) is 0 Å². The number of anilines is 2. The van der Waals surface area contributed by atoms with E-state index in [0.717, 1.165) is 0 Å². The van der Waals surface area contributed by atoms with E-state index in [0.29, 0.717) is 22.0 Å². The molecule has 0 radical (unpaired) electrons. The summed E-state index contributed by atoms with van der Waals surface area (Å²) in [5.41, 5.74) is 1.62. The summed E-state index contributed by atoms with van der Waals surface area (Å²) in [6.45, 7) is 0.123. The van der Waals surface area contributed by atoms with E-state index >= 15 is 0 Å². The Balaban J connectivity index is 1.61. The molecule has 2 aromatic carbocycles. The van der Waals surface area contributed by atoms with Crippen molar-refractivity contribution in [1.29, 1.82) is 0 Å². The van der Waals surface area contributed by atoms with Crippen LogP contribution < -0.4 is 15.5 Å². The van der Waals surface area contributed by atoms with Crippen LogP contribution in [0.3, 0.4) is 0 Å². The van der Waals surface area contributed by atoms with Gasteiger partial charge in [0.2, 0.25) is 11.8 Å². The van der Waals surface area contributed by atoms with Crippen LogP contribution in [0.2, 0.25) is 5.02 Å². The van der Waals surface area contributed by atoms with Gasteiger partial charge in [-0.1, -0.05) is 35.9 Å². The van der Waals surface area contributed by atoms with Crippen LogP contribution in [-0.4, -0.2) is 30.8 Å². The molecule has 0 fully saturated rings. The highest BCUT2D eigenvalue weighted by Crippen LogP contribution is 2.29. The molecular weight excluding hydrogens is 342 g/mol. The van der Waals surface area contributed by atoms with Crippen molar-refractivity contribution in [2.45, 2.75) is 6.42 Å². The molecule has 0 spiro atoms. The van der Waals surface area contributed by atoms with Crippen molar-refractivity contribution in [2.24, 2.45) is 0 Å². The van der Waals surface area contributed by atoms with Crippen LogP contribution in [0.5, 0.6) is 0 Å². The summed E-state index contributed by atoms with van der Waals surface area (Å²) in [6.07, 6.45) is 0.0812. The van der Waals surface area contributed by atoms with Crippen LogP contribution in [0.1, 0.15) is 16.8 Å². The van der Waals surface area contributed by atoms with Crippen molar-refractivity contribution in [3.05, 3.63) is 59.1 Å². The van der Waals surface area contributed by atoms with Crippen molar-refractivity contribution in [2.75, 3.05) is 23.3 Å². The number of carbonyl (C=O) groups excluding carboxylic acids is 3. The molecule has 2 aromatic rings. The lowest BCUT2D eigenvalue weighted by molar-refractivity contribution is -0.121. The van der Waals surface area contributed by atoms with Crippen LogP contribution in [0.25, 0.3) is 0 Å². The normalized spacial score (nSPS) is 13.0. The Labute approximate surface area is 149 Å². The van der Waals surface area contributed by atoms with Crippen LogP contribution in [-0.2, 0) is 9.59 Å². The molecule has 7 heteroatoms. The smallest absolute Gasteiger partial charge is 0.252 e. The number of carbonyl (C=O) groups is 3. The number of hydrogen-bond acceptors (Lipinski definition) is 3. The molecule has 128 valence electrons. The highest BCUT2D eigenvalue weighted by Gasteiger charge is 2.26. The van der Waals surface area contributed by atoms with Crippen LogP contribution in [0.15, 0.2) is 48.5 Å². The summed E-state index contributed by atoms with van der Waals surface area (Å²) in [5.74, 6) is -0.816. The van der Waals surface area contributed by atoms with E-state index in [-0.39, 0.29) is 37.2 Å². The van der Waals surface area contributed by atoms with Crippen LogP contribution in [0.4, 0.5) is 11.4 Å². The number of fused-ring (bicyclic) bond motifs is 1. The van der Waals surface area contributed by atoms with Gasteiger partial charge in [0.1, 0.15) is 6.54 Å². The van der Waals surface area contributed by atoms with Gasteiger partial charge in [-0.3, -0.25) is 14.4 Å². The van der Waals surface area contributed by atoms with E-state index in [1.54, 1.807) is 48.5 Å². The summed E-state index contributed by atoms with van der Waals surface area (Å²) >= 11 is 5.97. The maximum atomic E-state index is 12.5. The number of benzene rings is 2. The zero-order valence-electron chi connectivity index (χ0n) is 13.3. The predicted molar refractivity (Wildman–Crippen MR) is 95.8 cm³/mol. The van der Waals surface area contributed by atoms with Gasteiger partial charge in [0.05, 0.1) is 22.0 Å². The molecule has 6 nitrogen and oxygen atoms in total. The molecule has 0 aromatic heterocycles. The minimum atomic E-state index is -0.338. The second-order valence-electron chi connectivity index (χ2n) is 5.53. The summed E-state index contributed by atoms with van der Waals surface area (Å²) in [6, 6.07) is 13.8. The standard InChI is InChI=1S/C18H16ClN3O3/c19-13-6-2-1-5-12(13)18(25)20-10-9-17(24)22-11-16(23)21-14-7-3-4-8-15(14)22/h1-8H,9-11H2,(H,20,25)(H,21,23). The molecule has 0 aliphatic carbocycles. The molecule has 0 saturated carbocycles.